The van der Waals surface area contributed by atoms with E-state index in [9.17, 15) is 0 Å². The van der Waals surface area contributed by atoms with E-state index in [-0.39, 0.29) is 5.78 Å². The van der Waals surface area contributed by atoms with Crippen molar-refractivity contribution in [1.29, 1.82) is 0 Å². The number of para-hydroxylation sites is 4. The third-order valence-corrected chi connectivity index (χ3v) is 8.86. The third-order valence-electron chi connectivity index (χ3n) is 8.86. The van der Waals surface area contributed by atoms with E-state index < -0.39 is 11.1 Å². The number of fused-ring (bicyclic) bond motifs is 4. The summed E-state index contributed by atoms with van der Waals surface area (Å²) in [5.41, 5.74) is 3.23. The Hall–Kier alpha value is -5.43. The van der Waals surface area contributed by atoms with Crippen LogP contribution in [-0.4, -0.2) is 25.3 Å². The zero-order chi connectivity index (χ0) is 30.2. The molecule has 2 aliphatic heterocycles. The van der Waals surface area contributed by atoms with Crippen LogP contribution in [0, 0.1) is 27.7 Å². The number of ketones is 1. The van der Waals surface area contributed by atoms with E-state index in [1.807, 2.05) is 146 Å². The molecule has 7 nitrogen and oxygen atoms in total. The maximum absolute atomic E-state index is 16.7. The molecular formula is C37H30N4O3. The summed E-state index contributed by atoms with van der Waals surface area (Å²) in [5, 5.41) is 10.1. The van der Waals surface area contributed by atoms with Crippen molar-refractivity contribution in [3.8, 4) is 23.0 Å². The molecule has 0 saturated carbocycles. The number of benzene rings is 4. The quantitative estimate of drug-likeness (QED) is 0.218. The lowest BCUT2D eigenvalue weighted by atomic mass is 9.65. The predicted molar refractivity (Wildman–Crippen MR) is 167 cm³/mol. The van der Waals surface area contributed by atoms with Gasteiger partial charge in [0.25, 0.3) is 0 Å². The maximum atomic E-state index is 16.7. The van der Waals surface area contributed by atoms with Gasteiger partial charge >= 0.3 is 0 Å². The van der Waals surface area contributed by atoms with Crippen molar-refractivity contribution < 1.29 is 14.3 Å². The van der Waals surface area contributed by atoms with Crippen molar-refractivity contribution in [1.82, 2.24) is 19.6 Å². The number of carbonyl (C=O) groups excluding carboxylic acids is 1. The number of ether oxygens (including phenoxy) is 2. The highest BCUT2D eigenvalue weighted by Gasteiger charge is 2.63. The lowest BCUT2D eigenvalue weighted by Gasteiger charge is -2.47. The Morgan fingerprint density at radius 2 is 0.818 bits per heavy atom. The standard InChI is InChI=1S/C37H30N4O3/c1-23-21-25(3)40(38-23)36(27-13-5-9-17-31(27)43-32-18-10-6-14-28(32)36)35(42)37(41-26(4)22-24(2)39-41)29-15-7-11-19-33(29)44-34-20-12-8-16-30(34)37/h5-22H,1-4H3. The normalized spacial score (nSPS) is 15.2. The van der Waals surface area contributed by atoms with Gasteiger partial charge in [0.05, 0.1) is 11.4 Å². The number of nitrogens with zero attached hydrogens (tertiary/aromatic N) is 4. The number of hydrogen-bond acceptors (Lipinski definition) is 5. The van der Waals surface area contributed by atoms with Crippen LogP contribution >= 0.6 is 0 Å². The van der Waals surface area contributed by atoms with Gasteiger partial charge in [0.2, 0.25) is 5.78 Å². The molecule has 7 heteroatoms. The summed E-state index contributed by atoms with van der Waals surface area (Å²) in [5.74, 6) is 2.26. The van der Waals surface area contributed by atoms with Crippen LogP contribution in [0.25, 0.3) is 0 Å². The molecule has 2 aromatic heterocycles. The smallest absolute Gasteiger partial charge is 0.206 e. The monoisotopic (exact) mass is 578 g/mol. The third kappa shape index (κ3) is 3.29. The summed E-state index contributed by atoms with van der Waals surface area (Å²) >= 11 is 0. The van der Waals surface area contributed by atoms with Gasteiger partial charge < -0.3 is 9.47 Å². The van der Waals surface area contributed by atoms with Crippen molar-refractivity contribution >= 4 is 5.78 Å². The van der Waals surface area contributed by atoms with Gasteiger partial charge in [-0.3, -0.25) is 4.79 Å². The molecule has 0 N–H and O–H groups in total. The van der Waals surface area contributed by atoms with E-state index in [4.69, 9.17) is 19.7 Å². The first-order valence-electron chi connectivity index (χ1n) is 14.7. The minimum atomic E-state index is -1.45. The van der Waals surface area contributed by atoms with E-state index in [0.717, 1.165) is 22.8 Å². The zero-order valence-corrected chi connectivity index (χ0v) is 24.9. The van der Waals surface area contributed by atoms with Crippen LogP contribution in [0.2, 0.25) is 0 Å². The van der Waals surface area contributed by atoms with Crippen LogP contribution in [0.4, 0.5) is 0 Å². The molecule has 8 rings (SSSR count). The maximum Gasteiger partial charge on any atom is 0.206 e. The van der Waals surface area contributed by atoms with Gasteiger partial charge in [0.1, 0.15) is 23.0 Å². The Labute approximate surface area is 255 Å². The summed E-state index contributed by atoms with van der Waals surface area (Å²) < 4.78 is 16.8. The van der Waals surface area contributed by atoms with E-state index in [1.54, 1.807) is 0 Å². The van der Waals surface area contributed by atoms with Gasteiger partial charge in [0, 0.05) is 33.6 Å². The Morgan fingerprint density at radius 1 is 0.523 bits per heavy atom. The fourth-order valence-electron chi connectivity index (χ4n) is 7.28. The first kappa shape index (κ1) is 26.2. The molecule has 0 amide bonds. The molecule has 0 atom stereocenters. The SMILES string of the molecule is Cc1cc(C)n(C2(C(=O)C3(n4nc(C)cc4C)c4ccccc4Oc4ccccc43)c3ccccc3Oc3ccccc32)n1. The summed E-state index contributed by atoms with van der Waals surface area (Å²) in [4.78, 5) is 16.7. The van der Waals surface area contributed by atoms with Crippen LogP contribution in [0.3, 0.4) is 0 Å². The highest BCUT2D eigenvalue weighted by molar-refractivity contribution is 6.06. The van der Waals surface area contributed by atoms with Crippen molar-refractivity contribution in [3.05, 3.63) is 154 Å². The number of carbonyl (C=O) groups is 1. The van der Waals surface area contributed by atoms with Gasteiger partial charge in [-0.25, -0.2) is 9.36 Å². The van der Waals surface area contributed by atoms with Gasteiger partial charge in [0.15, 0.2) is 11.1 Å². The molecule has 0 aliphatic carbocycles. The average molecular weight is 579 g/mol. The molecule has 4 aromatic carbocycles. The second kappa shape index (κ2) is 9.28. The van der Waals surface area contributed by atoms with Gasteiger partial charge in [-0.15, -0.1) is 0 Å². The molecule has 0 radical (unpaired) electrons. The van der Waals surface area contributed by atoms with Crippen LogP contribution in [0.5, 0.6) is 23.0 Å². The molecule has 0 fully saturated rings. The van der Waals surface area contributed by atoms with Crippen molar-refractivity contribution in [2.45, 2.75) is 38.8 Å². The lowest BCUT2D eigenvalue weighted by molar-refractivity contribution is -0.131. The van der Waals surface area contributed by atoms with Crippen LogP contribution in [0.1, 0.15) is 45.0 Å². The van der Waals surface area contributed by atoms with Crippen molar-refractivity contribution in [3.63, 3.8) is 0 Å². The fourth-order valence-corrected chi connectivity index (χ4v) is 7.28. The van der Waals surface area contributed by atoms with Crippen LogP contribution in [0.15, 0.2) is 109 Å². The van der Waals surface area contributed by atoms with E-state index in [0.29, 0.717) is 45.3 Å². The molecule has 0 bridgehead atoms. The minimum Gasteiger partial charge on any atom is -0.457 e. The van der Waals surface area contributed by atoms with Crippen LogP contribution in [-0.2, 0) is 15.9 Å². The molecule has 2 aliphatic rings. The Balaban J connectivity index is 1.61. The average Bonchev–Trinajstić information content (AvgIpc) is 3.56. The molecule has 44 heavy (non-hydrogen) atoms. The molecule has 0 unspecified atom stereocenters. The molecule has 216 valence electrons. The Morgan fingerprint density at radius 3 is 1.09 bits per heavy atom. The first-order chi connectivity index (χ1) is 21.4. The molecule has 0 spiro atoms. The number of rotatable bonds is 4. The van der Waals surface area contributed by atoms with Crippen molar-refractivity contribution in [2.24, 2.45) is 0 Å². The Bertz CT molecular complexity index is 1880. The first-order valence-corrected chi connectivity index (χ1v) is 14.7. The minimum absolute atomic E-state index is 0.145. The highest BCUT2D eigenvalue weighted by Crippen LogP contribution is 2.57. The van der Waals surface area contributed by atoms with Gasteiger partial charge in [-0.1, -0.05) is 72.8 Å². The lowest BCUT2D eigenvalue weighted by Crippen LogP contribution is -2.60. The number of Topliss-reactive ketones (excluding diaryl/α,β-unsaturated/α-hetero) is 1. The number of aromatic nitrogens is 4. The number of hydrogen-bond donors (Lipinski definition) is 0. The largest absolute Gasteiger partial charge is 0.457 e. The summed E-state index contributed by atoms with van der Waals surface area (Å²) in [6, 6.07) is 35.1. The summed E-state index contributed by atoms with van der Waals surface area (Å²) in [7, 11) is 0. The zero-order valence-electron chi connectivity index (χ0n) is 24.9. The molecular weight excluding hydrogens is 548 g/mol. The number of aryl methyl sites for hydroxylation is 4. The topological polar surface area (TPSA) is 71.2 Å². The predicted octanol–water partition coefficient (Wildman–Crippen LogP) is 7.38. The van der Waals surface area contributed by atoms with E-state index in [1.165, 1.54) is 0 Å². The molecule has 0 saturated heterocycles. The van der Waals surface area contributed by atoms with E-state index >= 15 is 4.79 Å². The van der Waals surface area contributed by atoms with Crippen LogP contribution < -0.4 is 9.47 Å². The van der Waals surface area contributed by atoms with E-state index in [2.05, 4.69) is 0 Å². The second-order valence-electron chi connectivity index (χ2n) is 11.6. The fraction of sp³-hybridized carbons (Fsp3) is 0.162. The van der Waals surface area contributed by atoms with Crippen molar-refractivity contribution in [2.75, 3.05) is 0 Å². The molecule has 6 aromatic rings. The second-order valence-corrected chi connectivity index (χ2v) is 11.6. The highest BCUT2D eigenvalue weighted by atomic mass is 16.5. The van der Waals surface area contributed by atoms with Gasteiger partial charge in [-0.05, 0) is 64.1 Å². The van der Waals surface area contributed by atoms with Gasteiger partial charge in [-0.2, -0.15) is 10.2 Å². The molecule has 4 heterocycles. The summed E-state index contributed by atoms with van der Waals surface area (Å²) in [6.07, 6.45) is 0. The Kier molecular flexibility index (Phi) is 5.53. The summed E-state index contributed by atoms with van der Waals surface area (Å²) in [6.45, 7) is 7.90.